The van der Waals surface area contributed by atoms with Crippen molar-refractivity contribution in [2.45, 2.75) is 10.8 Å². The van der Waals surface area contributed by atoms with Gasteiger partial charge in [0.1, 0.15) is 0 Å². The fraction of sp³-hybridized carbons (Fsp3) is 0.0303. The van der Waals surface area contributed by atoms with E-state index in [2.05, 4.69) is 266 Å². The van der Waals surface area contributed by atoms with Crippen LogP contribution in [0.5, 0.6) is 0 Å². The Morgan fingerprint density at radius 1 is 0.224 bits per heavy atom. The average Bonchev–Trinajstić information content (AvgIpc) is 3.86. The second-order valence-corrected chi connectivity index (χ2v) is 18.3. The minimum Gasteiger partial charge on any atom is -0.310 e. The summed E-state index contributed by atoms with van der Waals surface area (Å²) in [6.45, 7) is 0. The van der Waals surface area contributed by atoms with Crippen molar-refractivity contribution in [2.75, 3.05) is 4.90 Å². The summed E-state index contributed by atoms with van der Waals surface area (Å²) in [5, 5.41) is 2.50. The molecule has 0 saturated heterocycles. The number of fused-ring (bicyclic) bond motifs is 17. The van der Waals surface area contributed by atoms with Crippen molar-refractivity contribution >= 4 is 27.8 Å². The van der Waals surface area contributed by atoms with E-state index in [0.29, 0.717) is 0 Å². The van der Waals surface area contributed by atoms with Gasteiger partial charge in [0.15, 0.2) is 0 Å². The zero-order valence-electron chi connectivity index (χ0n) is 36.8. The topological polar surface area (TPSA) is 3.24 Å². The second-order valence-electron chi connectivity index (χ2n) is 18.3. The van der Waals surface area contributed by atoms with Gasteiger partial charge in [-0.1, -0.05) is 224 Å². The molecule has 0 bridgehead atoms. The predicted molar refractivity (Wildman–Crippen MR) is 278 cm³/mol. The van der Waals surface area contributed by atoms with Crippen LogP contribution in [-0.2, 0) is 10.8 Å². The third-order valence-corrected chi connectivity index (χ3v) is 15.2. The van der Waals surface area contributed by atoms with Gasteiger partial charge in [0.2, 0.25) is 0 Å². The summed E-state index contributed by atoms with van der Waals surface area (Å²) in [6.07, 6.45) is 0. The molecule has 0 unspecified atom stereocenters. The first-order valence-electron chi connectivity index (χ1n) is 23.4. The smallest absolute Gasteiger partial charge is 0.0720 e. The van der Waals surface area contributed by atoms with E-state index in [9.17, 15) is 0 Å². The van der Waals surface area contributed by atoms with Gasteiger partial charge in [0, 0.05) is 17.1 Å². The Balaban J connectivity index is 1.01. The van der Waals surface area contributed by atoms with Crippen molar-refractivity contribution in [1.29, 1.82) is 0 Å². The fourth-order valence-corrected chi connectivity index (χ4v) is 12.5. The summed E-state index contributed by atoms with van der Waals surface area (Å²) >= 11 is 0. The quantitative estimate of drug-likeness (QED) is 0.167. The highest BCUT2D eigenvalue weighted by atomic mass is 15.1. The van der Waals surface area contributed by atoms with E-state index < -0.39 is 10.8 Å². The highest BCUT2D eigenvalue weighted by molar-refractivity contribution is 5.98. The number of rotatable bonds is 5. The molecule has 0 radical (unpaired) electrons. The van der Waals surface area contributed by atoms with Crippen molar-refractivity contribution in [3.8, 4) is 44.5 Å². The van der Waals surface area contributed by atoms with Crippen LogP contribution >= 0.6 is 0 Å². The normalized spacial score (nSPS) is 13.9. The van der Waals surface area contributed by atoms with E-state index in [1.54, 1.807) is 0 Å². The summed E-state index contributed by atoms with van der Waals surface area (Å²) in [5.74, 6) is 0. The van der Waals surface area contributed by atoms with Crippen molar-refractivity contribution in [3.05, 3.63) is 305 Å². The third kappa shape index (κ3) is 5.20. The molecule has 3 aliphatic rings. The highest BCUT2D eigenvalue weighted by Crippen LogP contribution is 2.67. The summed E-state index contributed by atoms with van der Waals surface area (Å²) in [6, 6.07) is 97.6. The van der Waals surface area contributed by atoms with Gasteiger partial charge in [0.05, 0.1) is 10.8 Å². The molecule has 2 spiro atoms. The van der Waals surface area contributed by atoms with E-state index in [-0.39, 0.29) is 0 Å². The molecule has 0 heterocycles. The molecule has 67 heavy (non-hydrogen) atoms. The Bertz CT molecular complexity index is 3650. The van der Waals surface area contributed by atoms with Crippen molar-refractivity contribution < 1.29 is 0 Å². The van der Waals surface area contributed by atoms with Crippen LogP contribution in [0.3, 0.4) is 0 Å². The standard InChI is InChI=1S/C66H43N/c1-2-17-44(18-3-1)45-33-37-48(38-34-45)67(49-39-35-47(36-40-49)52-25-16-20-46-19-4-5-21-51(46)52)50-41-42-56-55-24-8-11-28-59(55)66(64(56)43-50)62-31-14-12-29-60(62)65(61-30-13-15-32-63(61)66)57-26-9-6-22-53(57)54-23-7-10-27-58(54)65/h1-43H. The van der Waals surface area contributed by atoms with Gasteiger partial charge < -0.3 is 4.90 Å². The SMILES string of the molecule is c1ccc(-c2ccc(N(c3ccc(-c4cccc5ccccc45)cc3)c3ccc4c(c3)C3(c5ccccc5-4)c4ccccc4C4(c5ccccc5-c5ccccc54)c4ccccc43)cc2)cc1. The highest BCUT2D eigenvalue weighted by Gasteiger charge is 2.58. The zero-order chi connectivity index (χ0) is 44.1. The summed E-state index contributed by atoms with van der Waals surface area (Å²) in [7, 11) is 0. The first-order valence-corrected chi connectivity index (χ1v) is 23.4. The molecule has 11 aromatic carbocycles. The van der Waals surface area contributed by atoms with Crippen molar-refractivity contribution in [1.82, 2.24) is 0 Å². The Morgan fingerprint density at radius 3 is 1.15 bits per heavy atom. The lowest BCUT2D eigenvalue weighted by atomic mass is 9.52. The van der Waals surface area contributed by atoms with Crippen molar-refractivity contribution in [3.63, 3.8) is 0 Å². The molecule has 11 aromatic rings. The molecule has 0 N–H and O–H groups in total. The number of hydrogen-bond donors (Lipinski definition) is 0. The molecule has 1 heteroatoms. The van der Waals surface area contributed by atoms with Crippen LogP contribution < -0.4 is 4.90 Å². The fourth-order valence-electron chi connectivity index (χ4n) is 12.5. The number of anilines is 3. The van der Waals surface area contributed by atoms with Gasteiger partial charge >= 0.3 is 0 Å². The van der Waals surface area contributed by atoms with E-state index in [1.807, 2.05) is 0 Å². The lowest BCUT2D eigenvalue weighted by molar-refractivity contribution is 0.633. The lowest BCUT2D eigenvalue weighted by Crippen LogP contribution is -2.43. The molecule has 0 atom stereocenters. The van der Waals surface area contributed by atoms with Gasteiger partial charge in [-0.25, -0.2) is 0 Å². The summed E-state index contributed by atoms with van der Waals surface area (Å²) in [4.78, 5) is 2.45. The van der Waals surface area contributed by atoms with Crippen LogP contribution in [0.1, 0.15) is 44.5 Å². The van der Waals surface area contributed by atoms with Crippen LogP contribution in [0.25, 0.3) is 55.3 Å². The number of hydrogen-bond acceptors (Lipinski definition) is 1. The predicted octanol–water partition coefficient (Wildman–Crippen LogP) is 16.7. The largest absolute Gasteiger partial charge is 0.310 e. The molecule has 1 nitrogen and oxygen atoms in total. The van der Waals surface area contributed by atoms with E-state index in [0.717, 1.165) is 17.1 Å². The molecule has 0 aliphatic heterocycles. The van der Waals surface area contributed by atoms with E-state index in [1.165, 1.54) is 99.8 Å². The Kier molecular flexibility index (Phi) is 8.18. The maximum atomic E-state index is 2.52. The molecule has 0 amide bonds. The van der Waals surface area contributed by atoms with Gasteiger partial charge in [-0.3, -0.25) is 0 Å². The Morgan fingerprint density at radius 2 is 0.597 bits per heavy atom. The van der Waals surface area contributed by atoms with Crippen LogP contribution in [0.2, 0.25) is 0 Å². The summed E-state index contributed by atoms with van der Waals surface area (Å²) in [5.41, 5.74) is 23.0. The van der Waals surface area contributed by atoms with Gasteiger partial charge in [0.25, 0.3) is 0 Å². The summed E-state index contributed by atoms with van der Waals surface area (Å²) < 4.78 is 0. The van der Waals surface area contributed by atoms with Crippen LogP contribution in [0, 0.1) is 0 Å². The number of benzene rings is 11. The molecular weight excluding hydrogens is 807 g/mol. The van der Waals surface area contributed by atoms with Crippen LogP contribution in [-0.4, -0.2) is 0 Å². The van der Waals surface area contributed by atoms with E-state index in [4.69, 9.17) is 0 Å². The molecule has 312 valence electrons. The first-order chi connectivity index (χ1) is 33.2. The molecule has 3 aliphatic carbocycles. The number of nitrogens with zero attached hydrogens (tertiary/aromatic N) is 1. The van der Waals surface area contributed by atoms with Gasteiger partial charge in [-0.2, -0.15) is 0 Å². The first kappa shape index (κ1) is 37.8. The second kappa shape index (κ2) is 14.5. The molecule has 0 aromatic heterocycles. The molecular formula is C66H43N. The van der Waals surface area contributed by atoms with Gasteiger partial charge in [-0.05, 0) is 136 Å². The van der Waals surface area contributed by atoms with E-state index >= 15 is 0 Å². The molecule has 14 rings (SSSR count). The maximum Gasteiger partial charge on any atom is 0.0720 e. The zero-order valence-corrected chi connectivity index (χ0v) is 36.8. The average molecular weight is 850 g/mol. The monoisotopic (exact) mass is 849 g/mol. The molecule has 0 saturated carbocycles. The van der Waals surface area contributed by atoms with Crippen LogP contribution in [0.4, 0.5) is 17.1 Å². The minimum absolute atomic E-state index is 0.487. The Labute approximate surface area is 391 Å². The third-order valence-electron chi connectivity index (χ3n) is 15.2. The lowest BCUT2D eigenvalue weighted by Gasteiger charge is -2.49. The van der Waals surface area contributed by atoms with Crippen molar-refractivity contribution in [2.24, 2.45) is 0 Å². The maximum absolute atomic E-state index is 2.52. The minimum atomic E-state index is -0.589. The molecule has 0 fully saturated rings. The van der Waals surface area contributed by atoms with Crippen LogP contribution in [0.15, 0.2) is 261 Å². The Hall–Kier alpha value is -8.52. The van der Waals surface area contributed by atoms with Gasteiger partial charge in [-0.15, -0.1) is 0 Å².